The molecule has 0 bridgehead atoms. The SMILES string of the molecule is [CH2]CCCC(CCCCCC)CCCCCCCCCC. The van der Waals surface area contributed by atoms with Gasteiger partial charge in [-0.2, -0.15) is 0 Å². The van der Waals surface area contributed by atoms with E-state index in [1.165, 1.54) is 103 Å². The Balaban J connectivity index is 3.51. The quantitative estimate of drug-likeness (QED) is 0.238. The molecule has 21 heavy (non-hydrogen) atoms. The summed E-state index contributed by atoms with van der Waals surface area (Å²) < 4.78 is 0. The Morgan fingerprint density at radius 3 is 1.38 bits per heavy atom. The fourth-order valence-electron chi connectivity index (χ4n) is 3.29. The van der Waals surface area contributed by atoms with Crippen LogP contribution in [0.25, 0.3) is 0 Å². The lowest BCUT2D eigenvalue weighted by molar-refractivity contribution is 0.374. The summed E-state index contributed by atoms with van der Waals surface area (Å²) in [6.45, 7) is 8.62. The molecule has 0 aromatic carbocycles. The number of unbranched alkanes of at least 4 members (excludes halogenated alkanes) is 11. The largest absolute Gasteiger partial charge is 0.0654 e. The predicted octanol–water partition coefficient (Wildman–Crippen LogP) is 8.11. The monoisotopic (exact) mass is 295 g/mol. The predicted molar refractivity (Wildman–Crippen MR) is 98.7 cm³/mol. The smallest absolute Gasteiger partial charge is 0.0414 e. The van der Waals surface area contributed by atoms with E-state index in [1.807, 2.05) is 0 Å². The zero-order valence-corrected chi connectivity index (χ0v) is 15.3. The first-order valence-electron chi connectivity index (χ1n) is 10.1. The van der Waals surface area contributed by atoms with Crippen molar-refractivity contribution in [1.29, 1.82) is 0 Å². The maximum Gasteiger partial charge on any atom is -0.0414 e. The topological polar surface area (TPSA) is 0 Å². The van der Waals surface area contributed by atoms with E-state index in [0.717, 1.165) is 12.3 Å². The summed E-state index contributed by atoms with van der Waals surface area (Å²) in [5.41, 5.74) is 0. The first-order valence-corrected chi connectivity index (χ1v) is 10.1. The molecule has 127 valence electrons. The minimum Gasteiger partial charge on any atom is -0.0654 e. The Bertz CT molecular complexity index is 173. The average Bonchev–Trinajstić information content (AvgIpc) is 2.50. The van der Waals surface area contributed by atoms with Crippen LogP contribution in [0.15, 0.2) is 0 Å². The molecule has 0 saturated carbocycles. The van der Waals surface area contributed by atoms with Gasteiger partial charge >= 0.3 is 0 Å². The minimum absolute atomic E-state index is 1.00. The second-order valence-electron chi connectivity index (χ2n) is 6.97. The summed E-state index contributed by atoms with van der Waals surface area (Å²) in [6.07, 6.45) is 24.2. The molecule has 0 aliphatic heterocycles. The van der Waals surface area contributed by atoms with Gasteiger partial charge in [0.25, 0.3) is 0 Å². The molecule has 0 heteroatoms. The number of hydrogen-bond donors (Lipinski definition) is 0. The average molecular weight is 296 g/mol. The highest BCUT2D eigenvalue weighted by molar-refractivity contribution is 4.62. The maximum atomic E-state index is 4.01. The lowest BCUT2D eigenvalue weighted by Crippen LogP contribution is -2.01. The summed E-state index contributed by atoms with van der Waals surface area (Å²) in [4.78, 5) is 0. The molecule has 1 unspecified atom stereocenters. The van der Waals surface area contributed by atoms with Crippen LogP contribution in [0.4, 0.5) is 0 Å². The molecule has 0 heterocycles. The van der Waals surface area contributed by atoms with Crippen LogP contribution in [0.3, 0.4) is 0 Å². The van der Waals surface area contributed by atoms with E-state index < -0.39 is 0 Å². The van der Waals surface area contributed by atoms with Crippen LogP contribution in [0.5, 0.6) is 0 Å². The Morgan fingerprint density at radius 1 is 0.524 bits per heavy atom. The van der Waals surface area contributed by atoms with E-state index in [2.05, 4.69) is 20.8 Å². The Morgan fingerprint density at radius 2 is 0.905 bits per heavy atom. The fraction of sp³-hybridized carbons (Fsp3) is 0.952. The van der Waals surface area contributed by atoms with Gasteiger partial charge in [0.2, 0.25) is 0 Å². The van der Waals surface area contributed by atoms with Crippen LogP contribution in [0.1, 0.15) is 123 Å². The van der Waals surface area contributed by atoms with Crippen molar-refractivity contribution in [2.24, 2.45) is 5.92 Å². The first-order chi connectivity index (χ1) is 10.3. The highest BCUT2D eigenvalue weighted by atomic mass is 14.1. The van der Waals surface area contributed by atoms with Crippen molar-refractivity contribution in [3.8, 4) is 0 Å². The molecule has 1 atom stereocenters. The Hall–Kier alpha value is 0. The molecule has 0 N–H and O–H groups in total. The molecular weight excluding hydrogens is 252 g/mol. The van der Waals surface area contributed by atoms with Crippen molar-refractivity contribution in [3.63, 3.8) is 0 Å². The zero-order chi connectivity index (χ0) is 15.6. The van der Waals surface area contributed by atoms with Gasteiger partial charge < -0.3 is 0 Å². The summed E-state index contributed by atoms with van der Waals surface area (Å²) in [6, 6.07) is 0. The number of rotatable bonds is 17. The summed E-state index contributed by atoms with van der Waals surface area (Å²) in [5, 5.41) is 0. The van der Waals surface area contributed by atoms with Crippen molar-refractivity contribution in [3.05, 3.63) is 6.92 Å². The van der Waals surface area contributed by atoms with Crippen LogP contribution in [0.2, 0.25) is 0 Å². The lowest BCUT2D eigenvalue weighted by Gasteiger charge is -2.16. The maximum absolute atomic E-state index is 4.01. The molecule has 0 nitrogen and oxygen atoms in total. The van der Waals surface area contributed by atoms with Crippen LogP contribution < -0.4 is 0 Å². The molecule has 0 saturated heterocycles. The van der Waals surface area contributed by atoms with E-state index in [0.29, 0.717) is 0 Å². The van der Waals surface area contributed by atoms with Gasteiger partial charge in [0.05, 0.1) is 0 Å². The lowest BCUT2D eigenvalue weighted by atomic mass is 9.90. The molecule has 0 spiro atoms. The van der Waals surface area contributed by atoms with Crippen LogP contribution in [-0.2, 0) is 0 Å². The van der Waals surface area contributed by atoms with Crippen LogP contribution in [-0.4, -0.2) is 0 Å². The van der Waals surface area contributed by atoms with Crippen molar-refractivity contribution in [2.45, 2.75) is 123 Å². The Labute approximate surface area is 136 Å². The Kier molecular flexibility index (Phi) is 18.1. The van der Waals surface area contributed by atoms with E-state index in [-0.39, 0.29) is 0 Å². The molecule has 0 aromatic rings. The molecule has 1 radical (unpaired) electrons. The molecular formula is C21H43. The fourth-order valence-corrected chi connectivity index (χ4v) is 3.29. The molecule has 0 aliphatic carbocycles. The normalized spacial score (nSPS) is 12.7. The highest BCUT2D eigenvalue weighted by Gasteiger charge is 2.07. The van der Waals surface area contributed by atoms with Gasteiger partial charge in [0.1, 0.15) is 0 Å². The van der Waals surface area contributed by atoms with E-state index >= 15 is 0 Å². The van der Waals surface area contributed by atoms with Crippen LogP contribution >= 0.6 is 0 Å². The van der Waals surface area contributed by atoms with Gasteiger partial charge in [-0.25, -0.2) is 0 Å². The summed E-state index contributed by atoms with van der Waals surface area (Å²) >= 11 is 0. The van der Waals surface area contributed by atoms with E-state index in [4.69, 9.17) is 0 Å². The van der Waals surface area contributed by atoms with E-state index in [9.17, 15) is 0 Å². The molecule has 0 aliphatic rings. The third-order valence-corrected chi connectivity index (χ3v) is 4.79. The van der Waals surface area contributed by atoms with Gasteiger partial charge in [-0.1, -0.05) is 130 Å². The van der Waals surface area contributed by atoms with Crippen molar-refractivity contribution in [2.75, 3.05) is 0 Å². The van der Waals surface area contributed by atoms with Gasteiger partial charge in [-0.15, -0.1) is 0 Å². The highest BCUT2D eigenvalue weighted by Crippen LogP contribution is 2.23. The standard InChI is InChI=1S/C21H43/c1-4-7-10-12-13-14-15-17-20-21(18-9-6-3)19-16-11-8-5-2/h21H,3-20H2,1-2H3. The van der Waals surface area contributed by atoms with Crippen molar-refractivity contribution < 1.29 is 0 Å². The van der Waals surface area contributed by atoms with Gasteiger partial charge in [0, 0.05) is 0 Å². The molecule has 0 fully saturated rings. The third kappa shape index (κ3) is 16.2. The molecule has 0 amide bonds. The van der Waals surface area contributed by atoms with Gasteiger partial charge in [0.15, 0.2) is 0 Å². The summed E-state index contributed by atoms with van der Waals surface area (Å²) in [5.74, 6) is 1.00. The zero-order valence-electron chi connectivity index (χ0n) is 15.3. The first kappa shape index (κ1) is 21.0. The second kappa shape index (κ2) is 18.1. The van der Waals surface area contributed by atoms with Gasteiger partial charge in [-0.3, -0.25) is 0 Å². The van der Waals surface area contributed by atoms with Crippen molar-refractivity contribution in [1.82, 2.24) is 0 Å². The van der Waals surface area contributed by atoms with Crippen molar-refractivity contribution >= 4 is 0 Å². The molecule has 0 rings (SSSR count). The second-order valence-corrected chi connectivity index (χ2v) is 6.97. The minimum atomic E-state index is 1.00. The molecule has 0 aromatic heterocycles. The van der Waals surface area contributed by atoms with E-state index in [1.54, 1.807) is 0 Å². The van der Waals surface area contributed by atoms with Gasteiger partial charge in [-0.05, 0) is 5.92 Å². The summed E-state index contributed by atoms with van der Waals surface area (Å²) in [7, 11) is 0. The van der Waals surface area contributed by atoms with Crippen LogP contribution in [0, 0.1) is 12.8 Å². The number of hydrogen-bond acceptors (Lipinski definition) is 0. The third-order valence-electron chi connectivity index (χ3n) is 4.79.